The van der Waals surface area contributed by atoms with Crippen LogP contribution in [0, 0.1) is 0 Å². The fourth-order valence-corrected chi connectivity index (χ4v) is 2.29. The molecule has 1 aromatic heterocycles. The van der Waals surface area contributed by atoms with Crippen molar-refractivity contribution in [3.05, 3.63) is 52.0 Å². The maximum absolute atomic E-state index is 5.49. The van der Waals surface area contributed by atoms with E-state index in [4.69, 9.17) is 5.73 Å². The summed E-state index contributed by atoms with van der Waals surface area (Å²) < 4.78 is 0. The lowest BCUT2D eigenvalue weighted by molar-refractivity contribution is 0.936. The van der Waals surface area contributed by atoms with Crippen molar-refractivity contribution >= 4 is 11.3 Å². The predicted octanol–water partition coefficient (Wildman–Crippen LogP) is 2.24. The van der Waals surface area contributed by atoms with Crippen molar-refractivity contribution < 1.29 is 0 Å². The number of hydrogen-bond acceptors (Lipinski definition) is 3. The van der Waals surface area contributed by atoms with E-state index < -0.39 is 0 Å². The lowest BCUT2D eigenvalue weighted by atomic mass is 10.1. The van der Waals surface area contributed by atoms with Gasteiger partial charge < -0.3 is 5.73 Å². The highest BCUT2D eigenvalue weighted by Gasteiger charge is 2.01. The zero-order chi connectivity index (χ0) is 10.5. The van der Waals surface area contributed by atoms with Crippen molar-refractivity contribution in [3.8, 4) is 0 Å². The second-order valence-electron chi connectivity index (χ2n) is 3.43. The summed E-state index contributed by atoms with van der Waals surface area (Å²) in [5, 5.41) is 3.27. The van der Waals surface area contributed by atoms with Crippen LogP contribution in [0.25, 0.3) is 0 Å². The van der Waals surface area contributed by atoms with Crippen LogP contribution in [-0.2, 0) is 12.8 Å². The van der Waals surface area contributed by atoms with Gasteiger partial charge >= 0.3 is 0 Å². The van der Waals surface area contributed by atoms with Gasteiger partial charge in [0.05, 0.1) is 10.7 Å². The molecular weight excluding hydrogens is 204 g/mol. The first-order valence-electron chi connectivity index (χ1n) is 5.06. The maximum Gasteiger partial charge on any atom is 0.0940 e. The van der Waals surface area contributed by atoms with Crippen LogP contribution in [0.2, 0.25) is 0 Å². The van der Waals surface area contributed by atoms with Crippen molar-refractivity contribution in [1.29, 1.82) is 0 Å². The van der Waals surface area contributed by atoms with E-state index in [0.29, 0.717) is 6.54 Å². The number of nitrogens with two attached hydrogens (primary N) is 1. The van der Waals surface area contributed by atoms with Gasteiger partial charge in [-0.1, -0.05) is 30.3 Å². The molecule has 2 rings (SSSR count). The molecule has 0 spiro atoms. The van der Waals surface area contributed by atoms with Gasteiger partial charge in [-0.25, -0.2) is 4.98 Å². The molecule has 0 bridgehead atoms. The highest BCUT2D eigenvalue weighted by molar-refractivity contribution is 7.09. The van der Waals surface area contributed by atoms with Crippen molar-refractivity contribution in [2.45, 2.75) is 12.8 Å². The van der Waals surface area contributed by atoms with E-state index in [1.165, 1.54) is 5.56 Å². The molecule has 0 radical (unpaired) electrons. The number of thiazole rings is 1. The Balaban J connectivity index is 2.05. The van der Waals surface area contributed by atoms with Crippen molar-refractivity contribution in [3.63, 3.8) is 0 Å². The molecule has 1 heterocycles. The van der Waals surface area contributed by atoms with E-state index in [2.05, 4.69) is 34.6 Å². The molecule has 0 saturated carbocycles. The number of aromatic nitrogens is 1. The second-order valence-corrected chi connectivity index (χ2v) is 4.38. The molecule has 0 aliphatic carbocycles. The summed E-state index contributed by atoms with van der Waals surface area (Å²) in [4.78, 5) is 4.53. The molecule has 2 aromatic rings. The first-order chi connectivity index (χ1) is 7.38. The number of rotatable bonds is 4. The second kappa shape index (κ2) is 5.05. The van der Waals surface area contributed by atoms with E-state index in [0.717, 1.165) is 23.5 Å². The number of hydrogen-bond donors (Lipinski definition) is 1. The Morgan fingerprint density at radius 1 is 1.20 bits per heavy atom. The molecule has 1 aromatic carbocycles. The van der Waals surface area contributed by atoms with Crippen molar-refractivity contribution in [2.75, 3.05) is 6.54 Å². The van der Waals surface area contributed by atoms with E-state index in [-0.39, 0.29) is 0 Å². The quantitative estimate of drug-likeness (QED) is 0.854. The molecule has 78 valence electrons. The molecule has 15 heavy (non-hydrogen) atoms. The largest absolute Gasteiger partial charge is 0.330 e. The number of benzene rings is 1. The summed E-state index contributed by atoms with van der Waals surface area (Å²) in [6, 6.07) is 10.4. The van der Waals surface area contributed by atoms with Crippen LogP contribution in [0.1, 0.15) is 16.3 Å². The van der Waals surface area contributed by atoms with Crippen LogP contribution in [0.5, 0.6) is 0 Å². The van der Waals surface area contributed by atoms with E-state index in [1.54, 1.807) is 11.3 Å². The third-order valence-electron chi connectivity index (χ3n) is 2.19. The van der Waals surface area contributed by atoms with Gasteiger partial charge in [-0.2, -0.15) is 0 Å². The molecule has 0 aliphatic heterocycles. The minimum Gasteiger partial charge on any atom is -0.330 e. The average molecular weight is 218 g/mol. The van der Waals surface area contributed by atoms with Gasteiger partial charge in [0, 0.05) is 18.2 Å². The Kier molecular flexibility index (Phi) is 3.48. The summed E-state index contributed by atoms with van der Waals surface area (Å²) in [7, 11) is 0. The van der Waals surface area contributed by atoms with Crippen LogP contribution < -0.4 is 5.73 Å². The Hall–Kier alpha value is -1.19. The Labute approximate surface area is 93.8 Å². The Morgan fingerprint density at radius 3 is 2.73 bits per heavy atom. The molecule has 3 heteroatoms. The first-order valence-corrected chi connectivity index (χ1v) is 5.93. The summed E-state index contributed by atoms with van der Waals surface area (Å²) in [6.45, 7) is 0.679. The van der Waals surface area contributed by atoms with Crippen LogP contribution in [0.15, 0.2) is 35.7 Å². The van der Waals surface area contributed by atoms with Crippen LogP contribution in [0.3, 0.4) is 0 Å². The third-order valence-corrected chi connectivity index (χ3v) is 3.14. The van der Waals surface area contributed by atoms with Crippen LogP contribution in [0.4, 0.5) is 0 Å². The highest BCUT2D eigenvalue weighted by atomic mass is 32.1. The summed E-state index contributed by atoms with van der Waals surface area (Å²) >= 11 is 1.70. The molecule has 2 nitrogen and oxygen atoms in total. The van der Waals surface area contributed by atoms with Crippen LogP contribution >= 0.6 is 11.3 Å². The first kappa shape index (κ1) is 10.3. The molecule has 2 N–H and O–H groups in total. The molecule has 0 unspecified atom stereocenters. The summed E-state index contributed by atoms with van der Waals surface area (Å²) in [5.41, 5.74) is 7.94. The van der Waals surface area contributed by atoms with Gasteiger partial charge in [-0.05, 0) is 12.1 Å². The third kappa shape index (κ3) is 2.88. The molecule has 0 amide bonds. The highest BCUT2D eigenvalue weighted by Crippen LogP contribution is 2.13. The minimum absolute atomic E-state index is 0.679. The standard InChI is InChI=1S/C12H14N2S/c13-7-6-12-14-11(9-15-12)8-10-4-2-1-3-5-10/h1-5,9H,6-8,13H2. The van der Waals surface area contributed by atoms with Gasteiger partial charge in [0.15, 0.2) is 0 Å². The zero-order valence-corrected chi connectivity index (χ0v) is 9.33. The lowest BCUT2D eigenvalue weighted by Crippen LogP contribution is -2.02. The van der Waals surface area contributed by atoms with Gasteiger partial charge in [0.1, 0.15) is 0 Å². The topological polar surface area (TPSA) is 38.9 Å². The SMILES string of the molecule is NCCc1nc(Cc2ccccc2)cs1. The normalized spacial score (nSPS) is 10.5. The van der Waals surface area contributed by atoms with Gasteiger partial charge in [0.2, 0.25) is 0 Å². The summed E-state index contributed by atoms with van der Waals surface area (Å²) in [6.07, 6.45) is 1.81. The smallest absolute Gasteiger partial charge is 0.0940 e. The number of nitrogens with zero attached hydrogens (tertiary/aromatic N) is 1. The molecule has 0 fully saturated rings. The zero-order valence-electron chi connectivity index (χ0n) is 8.52. The average Bonchev–Trinajstić information content (AvgIpc) is 2.68. The van der Waals surface area contributed by atoms with Crippen LogP contribution in [-0.4, -0.2) is 11.5 Å². The predicted molar refractivity (Wildman–Crippen MR) is 64.1 cm³/mol. The van der Waals surface area contributed by atoms with E-state index in [9.17, 15) is 0 Å². The molecule has 0 aliphatic rings. The van der Waals surface area contributed by atoms with E-state index >= 15 is 0 Å². The summed E-state index contributed by atoms with van der Waals surface area (Å²) in [5.74, 6) is 0. The van der Waals surface area contributed by atoms with Crippen molar-refractivity contribution in [1.82, 2.24) is 4.98 Å². The van der Waals surface area contributed by atoms with Gasteiger partial charge in [-0.3, -0.25) is 0 Å². The molecule has 0 atom stereocenters. The fourth-order valence-electron chi connectivity index (χ4n) is 1.47. The van der Waals surface area contributed by atoms with E-state index in [1.807, 2.05) is 6.07 Å². The maximum atomic E-state index is 5.49. The Bertz CT molecular complexity index is 409. The van der Waals surface area contributed by atoms with Gasteiger partial charge in [0.25, 0.3) is 0 Å². The molecule has 0 saturated heterocycles. The van der Waals surface area contributed by atoms with Gasteiger partial charge in [-0.15, -0.1) is 11.3 Å². The monoisotopic (exact) mass is 218 g/mol. The Morgan fingerprint density at radius 2 is 2.00 bits per heavy atom. The fraction of sp³-hybridized carbons (Fsp3) is 0.250. The minimum atomic E-state index is 0.679. The molecular formula is C12H14N2S. The lowest BCUT2D eigenvalue weighted by Gasteiger charge is -1.96. The van der Waals surface area contributed by atoms with Crippen molar-refractivity contribution in [2.24, 2.45) is 5.73 Å².